The Morgan fingerprint density at radius 1 is 0.905 bits per heavy atom. The van der Waals surface area contributed by atoms with Crippen molar-refractivity contribution in [3.05, 3.63) is 0 Å². The Morgan fingerprint density at radius 2 is 1.71 bits per heavy atom. The Labute approximate surface area is 128 Å². The van der Waals surface area contributed by atoms with Crippen molar-refractivity contribution in [1.82, 2.24) is 0 Å². The molecule has 4 rings (SSSR count). The largest absolute Gasteiger partial charge is 0.300 e. The summed E-state index contributed by atoms with van der Waals surface area (Å²) in [5.74, 6) is 3.79. The minimum atomic E-state index is 0.298. The average molecular weight is 288 g/mol. The van der Waals surface area contributed by atoms with Gasteiger partial charge < -0.3 is 0 Å². The summed E-state index contributed by atoms with van der Waals surface area (Å²) in [5, 5.41) is 0. The molecule has 4 fully saturated rings. The highest BCUT2D eigenvalue weighted by molar-refractivity contribution is 5.82. The number of rotatable bonds is 0. The lowest BCUT2D eigenvalue weighted by Gasteiger charge is -2.59. The van der Waals surface area contributed by atoms with Gasteiger partial charge >= 0.3 is 0 Å². The van der Waals surface area contributed by atoms with Crippen LogP contribution in [0.15, 0.2) is 0 Å². The molecule has 0 aliphatic heterocycles. The molecule has 4 saturated carbocycles. The molecule has 116 valence electrons. The number of fused-ring (bicyclic) bond motifs is 5. The van der Waals surface area contributed by atoms with Crippen LogP contribution in [0.2, 0.25) is 0 Å². The topological polar surface area (TPSA) is 34.1 Å². The van der Waals surface area contributed by atoms with Gasteiger partial charge in [0.2, 0.25) is 0 Å². The lowest BCUT2D eigenvalue weighted by atomic mass is 9.45. The van der Waals surface area contributed by atoms with Crippen molar-refractivity contribution >= 4 is 11.6 Å². The fourth-order valence-electron chi connectivity index (χ4n) is 6.82. The van der Waals surface area contributed by atoms with Gasteiger partial charge in [-0.05, 0) is 66.6 Å². The fourth-order valence-corrected chi connectivity index (χ4v) is 6.82. The van der Waals surface area contributed by atoms with E-state index in [0.29, 0.717) is 34.2 Å². The Hall–Kier alpha value is -0.660. The lowest BCUT2D eigenvalue weighted by molar-refractivity contribution is -0.137. The molecule has 0 radical (unpaired) electrons. The van der Waals surface area contributed by atoms with Crippen molar-refractivity contribution in [2.75, 3.05) is 0 Å². The monoisotopic (exact) mass is 288 g/mol. The summed E-state index contributed by atoms with van der Waals surface area (Å²) >= 11 is 0. The number of carbonyl (C=O) groups excluding carboxylic acids is 2. The molecule has 0 spiro atoms. The van der Waals surface area contributed by atoms with Crippen molar-refractivity contribution < 1.29 is 9.59 Å². The van der Waals surface area contributed by atoms with E-state index in [2.05, 4.69) is 13.8 Å². The van der Waals surface area contributed by atoms with Crippen molar-refractivity contribution in [1.29, 1.82) is 0 Å². The molecule has 0 amide bonds. The van der Waals surface area contributed by atoms with Gasteiger partial charge in [-0.3, -0.25) is 9.59 Å². The molecule has 4 aliphatic rings. The van der Waals surface area contributed by atoms with Gasteiger partial charge in [-0.1, -0.05) is 13.8 Å². The van der Waals surface area contributed by atoms with Crippen LogP contribution >= 0.6 is 0 Å². The molecular weight excluding hydrogens is 260 g/mol. The molecule has 0 aromatic rings. The van der Waals surface area contributed by atoms with Crippen molar-refractivity contribution in [2.24, 2.45) is 34.5 Å². The summed E-state index contributed by atoms with van der Waals surface area (Å²) in [6.07, 6.45) is 9.45. The van der Waals surface area contributed by atoms with Gasteiger partial charge in [-0.25, -0.2) is 0 Å². The summed E-state index contributed by atoms with van der Waals surface area (Å²) in [5.41, 5.74) is 0.676. The number of ketones is 2. The van der Waals surface area contributed by atoms with Crippen LogP contribution < -0.4 is 0 Å². The SMILES string of the molecule is C[C@]12CC[C@@H]3[C@H](CC[C@H]4CC(=O)CC[C@@]43C)[C@H]1CC(=O)C2. The van der Waals surface area contributed by atoms with Crippen LogP contribution in [-0.4, -0.2) is 11.6 Å². The number of carbonyl (C=O) groups is 2. The summed E-state index contributed by atoms with van der Waals surface area (Å²) in [4.78, 5) is 23.9. The molecule has 0 aromatic heterocycles. The third kappa shape index (κ3) is 1.90. The maximum atomic E-state index is 12.1. The van der Waals surface area contributed by atoms with E-state index in [4.69, 9.17) is 0 Å². The molecule has 4 aliphatic carbocycles. The van der Waals surface area contributed by atoms with Crippen LogP contribution in [0.4, 0.5) is 0 Å². The van der Waals surface area contributed by atoms with Crippen LogP contribution in [0.5, 0.6) is 0 Å². The van der Waals surface area contributed by atoms with E-state index in [1.807, 2.05) is 0 Å². The predicted octanol–water partition coefficient (Wildman–Crippen LogP) is 4.17. The van der Waals surface area contributed by atoms with E-state index in [9.17, 15) is 9.59 Å². The maximum absolute atomic E-state index is 12.1. The molecule has 0 unspecified atom stereocenters. The zero-order valence-electron chi connectivity index (χ0n) is 13.5. The van der Waals surface area contributed by atoms with E-state index < -0.39 is 0 Å². The molecule has 2 heteroatoms. The van der Waals surface area contributed by atoms with Gasteiger partial charge in [0, 0.05) is 25.7 Å². The van der Waals surface area contributed by atoms with Gasteiger partial charge in [-0.15, -0.1) is 0 Å². The van der Waals surface area contributed by atoms with Crippen molar-refractivity contribution in [2.45, 2.75) is 71.6 Å². The van der Waals surface area contributed by atoms with E-state index in [0.717, 1.165) is 43.9 Å². The van der Waals surface area contributed by atoms with Crippen LogP contribution in [0, 0.1) is 34.5 Å². The third-order valence-electron chi connectivity index (χ3n) is 8.05. The quantitative estimate of drug-likeness (QED) is 0.670. The molecule has 0 bridgehead atoms. The summed E-state index contributed by atoms with van der Waals surface area (Å²) in [6, 6.07) is 0. The van der Waals surface area contributed by atoms with Gasteiger partial charge in [-0.2, -0.15) is 0 Å². The Kier molecular flexibility index (Phi) is 2.94. The molecule has 2 nitrogen and oxygen atoms in total. The van der Waals surface area contributed by atoms with E-state index in [1.54, 1.807) is 0 Å². The zero-order chi connectivity index (χ0) is 14.8. The zero-order valence-corrected chi connectivity index (χ0v) is 13.5. The van der Waals surface area contributed by atoms with Gasteiger partial charge in [0.1, 0.15) is 11.6 Å². The molecule has 0 heterocycles. The minimum absolute atomic E-state index is 0.298. The molecule has 0 saturated heterocycles. The third-order valence-corrected chi connectivity index (χ3v) is 8.05. The Morgan fingerprint density at radius 3 is 2.52 bits per heavy atom. The summed E-state index contributed by atoms with van der Waals surface area (Å²) < 4.78 is 0. The minimum Gasteiger partial charge on any atom is -0.300 e. The number of hydrogen-bond acceptors (Lipinski definition) is 2. The van der Waals surface area contributed by atoms with Crippen molar-refractivity contribution in [3.8, 4) is 0 Å². The standard InChI is InChI=1S/C19H28O2/c1-18-7-6-16-15(17(18)10-14(21)11-18)4-3-12-9-13(20)5-8-19(12,16)2/h12,15-17H,3-11H2,1-2H3/t12-,15-,16+,17+,18+,19-/m0/s1. The fraction of sp³-hybridized carbons (Fsp3) is 0.895. The Balaban J connectivity index is 1.65. The Bertz CT molecular complexity index is 496. The first-order chi connectivity index (χ1) is 9.92. The van der Waals surface area contributed by atoms with Gasteiger partial charge in [0.15, 0.2) is 0 Å². The first-order valence-corrected chi connectivity index (χ1v) is 8.96. The molecule has 0 aromatic carbocycles. The van der Waals surface area contributed by atoms with Crippen molar-refractivity contribution in [3.63, 3.8) is 0 Å². The highest BCUT2D eigenvalue weighted by Gasteiger charge is 2.59. The predicted molar refractivity (Wildman–Crippen MR) is 81.7 cm³/mol. The average Bonchev–Trinajstić information content (AvgIpc) is 2.74. The van der Waals surface area contributed by atoms with E-state index in [1.165, 1.54) is 25.7 Å². The van der Waals surface area contributed by atoms with Gasteiger partial charge in [0.25, 0.3) is 0 Å². The summed E-state index contributed by atoms with van der Waals surface area (Å²) in [7, 11) is 0. The second-order valence-electron chi connectivity index (χ2n) is 9.01. The summed E-state index contributed by atoms with van der Waals surface area (Å²) in [6.45, 7) is 4.85. The van der Waals surface area contributed by atoms with Crippen LogP contribution in [-0.2, 0) is 9.59 Å². The maximum Gasteiger partial charge on any atom is 0.133 e. The molecule has 21 heavy (non-hydrogen) atoms. The van der Waals surface area contributed by atoms with Crippen LogP contribution in [0.25, 0.3) is 0 Å². The first-order valence-electron chi connectivity index (χ1n) is 8.96. The number of hydrogen-bond donors (Lipinski definition) is 0. The molecular formula is C19H28O2. The van der Waals surface area contributed by atoms with Crippen LogP contribution in [0.1, 0.15) is 71.6 Å². The van der Waals surface area contributed by atoms with E-state index in [-0.39, 0.29) is 0 Å². The molecule has 0 N–H and O–H groups in total. The van der Waals surface area contributed by atoms with E-state index >= 15 is 0 Å². The highest BCUT2D eigenvalue weighted by atomic mass is 16.1. The molecule has 6 atom stereocenters. The highest BCUT2D eigenvalue weighted by Crippen LogP contribution is 2.65. The second-order valence-corrected chi connectivity index (χ2v) is 9.01. The lowest BCUT2D eigenvalue weighted by Crippen LogP contribution is -2.52. The second kappa shape index (κ2) is 4.43. The number of Topliss-reactive ketones (excluding diaryl/α,β-unsaturated/α-hetero) is 2. The smallest absolute Gasteiger partial charge is 0.133 e. The van der Waals surface area contributed by atoms with Crippen LogP contribution in [0.3, 0.4) is 0 Å². The first kappa shape index (κ1) is 14.0. The normalized spacial score (nSPS) is 53.0. The van der Waals surface area contributed by atoms with Gasteiger partial charge in [0.05, 0.1) is 0 Å².